The molecule has 1 N–H and O–H groups in total. The van der Waals surface area contributed by atoms with Crippen LogP contribution in [0.25, 0.3) is 0 Å². The van der Waals surface area contributed by atoms with Crippen molar-refractivity contribution in [3.63, 3.8) is 0 Å². The van der Waals surface area contributed by atoms with Gasteiger partial charge in [-0.05, 0) is 36.8 Å². The van der Waals surface area contributed by atoms with Gasteiger partial charge in [0.15, 0.2) is 0 Å². The van der Waals surface area contributed by atoms with E-state index in [0.29, 0.717) is 0 Å². The Morgan fingerprint density at radius 3 is 2.71 bits per heavy atom. The summed E-state index contributed by atoms with van der Waals surface area (Å²) >= 11 is 8.91. The molecule has 0 amide bonds. The molecule has 110 valence electrons. The molecule has 0 heterocycles. The molecule has 2 aromatic rings. The Balaban J connectivity index is 2.19. The summed E-state index contributed by atoms with van der Waals surface area (Å²) in [6.45, 7) is 5.95. The zero-order chi connectivity index (χ0) is 15.2. The first-order valence-corrected chi connectivity index (χ1v) is 9.23. The highest BCUT2D eigenvalue weighted by molar-refractivity contribution is 9.11. The zero-order valence-corrected chi connectivity index (χ0v) is 15.8. The minimum atomic E-state index is 0.220. The summed E-state index contributed by atoms with van der Waals surface area (Å²) in [5.74, 6) is 0.912. The fraction of sp³-hybridized carbons (Fsp3) is 0.176. The second-order valence-electron chi connectivity index (χ2n) is 4.63. The smallest absolute Gasteiger partial charge is 0.0497 e. The second-order valence-corrected chi connectivity index (χ2v) is 7.46. The van der Waals surface area contributed by atoms with Gasteiger partial charge >= 0.3 is 0 Å². The SMILES string of the molecule is C=CCSc1ccccc1NC(C)c1ccc(Br)cc1Br. The van der Waals surface area contributed by atoms with E-state index in [4.69, 9.17) is 0 Å². The molecule has 0 aliphatic rings. The third kappa shape index (κ3) is 4.63. The summed E-state index contributed by atoms with van der Waals surface area (Å²) in [5.41, 5.74) is 2.40. The van der Waals surface area contributed by atoms with Gasteiger partial charge in [0.05, 0.1) is 0 Å². The van der Waals surface area contributed by atoms with E-state index in [1.807, 2.05) is 6.08 Å². The maximum absolute atomic E-state index is 3.78. The van der Waals surface area contributed by atoms with Crippen molar-refractivity contribution in [2.45, 2.75) is 17.9 Å². The van der Waals surface area contributed by atoms with Gasteiger partial charge in [0, 0.05) is 31.3 Å². The van der Waals surface area contributed by atoms with Gasteiger partial charge < -0.3 is 5.32 Å². The molecule has 0 aliphatic carbocycles. The number of thioether (sulfide) groups is 1. The molecule has 0 saturated heterocycles. The fourth-order valence-electron chi connectivity index (χ4n) is 2.02. The average Bonchev–Trinajstić information content (AvgIpc) is 2.46. The van der Waals surface area contributed by atoms with Gasteiger partial charge in [-0.25, -0.2) is 0 Å². The van der Waals surface area contributed by atoms with Crippen molar-refractivity contribution in [1.29, 1.82) is 0 Å². The molecule has 0 saturated carbocycles. The first-order chi connectivity index (χ1) is 10.1. The average molecular weight is 427 g/mol. The molecular formula is C17H17Br2NS. The summed E-state index contributed by atoms with van der Waals surface area (Å²) in [4.78, 5) is 1.25. The van der Waals surface area contributed by atoms with E-state index in [9.17, 15) is 0 Å². The lowest BCUT2D eigenvalue weighted by Crippen LogP contribution is -2.08. The largest absolute Gasteiger partial charge is 0.378 e. The molecule has 0 fully saturated rings. The van der Waals surface area contributed by atoms with Crippen molar-refractivity contribution in [1.82, 2.24) is 0 Å². The van der Waals surface area contributed by atoms with Crippen LogP contribution in [0, 0.1) is 0 Å². The molecule has 0 radical (unpaired) electrons. The summed E-state index contributed by atoms with van der Waals surface area (Å²) in [6.07, 6.45) is 1.93. The van der Waals surface area contributed by atoms with E-state index >= 15 is 0 Å². The van der Waals surface area contributed by atoms with Gasteiger partial charge in [-0.15, -0.1) is 18.3 Å². The van der Waals surface area contributed by atoms with Crippen LogP contribution in [-0.4, -0.2) is 5.75 Å². The quantitative estimate of drug-likeness (QED) is 0.409. The third-order valence-corrected chi connectivity index (χ3v) is 5.29. The van der Waals surface area contributed by atoms with Crippen LogP contribution in [0.4, 0.5) is 5.69 Å². The second kappa shape index (κ2) is 8.06. The maximum atomic E-state index is 3.78. The number of rotatable bonds is 6. The van der Waals surface area contributed by atoms with Crippen LogP contribution in [0.15, 0.2) is 69.0 Å². The fourth-order valence-corrected chi connectivity index (χ4v) is 4.17. The number of anilines is 1. The highest BCUT2D eigenvalue weighted by atomic mass is 79.9. The number of hydrogen-bond donors (Lipinski definition) is 1. The first kappa shape index (κ1) is 16.7. The van der Waals surface area contributed by atoms with Crippen molar-refractivity contribution in [2.75, 3.05) is 11.1 Å². The van der Waals surface area contributed by atoms with E-state index in [1.54, 1.807) is 11.8 Å². The minimum Gasteiger partial charge on any atom is -0.378 e. The Hall–Kier alpha value is -0.710. The maximum Gasteiger partial charge on any atom is 0.0497 e. The number of halogens is 2. The predicted octanol–water partition coefficient (Wildman–Crippen LogP) is 6.66. The zero-order valence-electron chi connectivity index (χ0n) is 11.8. The molecule has 21 heavy (non-hydrogen) atoms. The summed E-state index contributed by atoms with van der Waals surface area (Å²) in [7, 11) is 0. The van der Waals surface area contributed by atoms with E-state index in [-0.39, 0.29) is 6.04 Å². The van der Waals surface area contributed by atoms with Gasteiger partial charge in [-0.3, -0.25) is 0 Å². The van der Waals surface area contributed by atoms with Crippen LogP contribution in [0.2, 0.25) is 0 Å². The molecule has 0 aliphatic heterocycles. The Kier molecular flexibility index (Phi) is 6.40. The van der Waals surface area contributed by atoms with Crippen molar-refractivity contribution in [3.05, 3.63) is 69.6 Å². The molecule has 0 spiro atoms. The number of nitrogens with one attached hydrogen (secondary N) is 1. The van der Waals surface area contributed by atoms with Gasteiger partial charge in [-0.1, -0.05) is 56.1 Å². The van der Waals surface area contributed by atoms with Crippen molar-refractivity contribution in [3.8, 4) is 0 Å². The van der Waals surface area contributed by atoms with E-state index in [0.717, 1.165) is 20.4 Å². The normalized spacial score (nSPS) is 12.0. The van der Waals surface area contributed by atoms with E-state index in [2.05, 4.69) is 93.1 Å². The lowest BCUT2D eigenvalue weighted by atomic mass is 10.1. The molecule has 1 nitrogen and oxygen atoms in total. The van der Waals surface area contributed by atoms with Crippen LogP contribution in [0.1, 0.15) is 18.5 Å². The monoisotopic (exact) mass is 425 g/mol. The molecular weight excluding hydrogens is 410 g/mol. The van der Waals surface area contributed by atoms with Gasteiger partial charge in [-0.2, -0.15) is 0 Å². The van der Waals surface area contributed by atoms with Gasteiger partial charge in [0.25, 0.3) is 0 Å². The van der Waals surface area contributed by atoms with Gasteiger partial charge in [0.1, 0.15) is 0 Å². The molecule has 0 bridgehead atoms. The molecule has 2 rings (SSSR count). The molecule has 1 unspecified atom stereocenters. The van der Waals surface area contributed by atoms with Crippen LogP contribution in [0.3, 0.4) is 0 Å². The minimum absolute atomic E-state index is 0.220. The number of para-hydroxylation sites is 1. The summed E-state index contributed by atoms with van der Waals surface area (Å²) in [6, 6.07) is 14.9. The van der Waals surface area contributed by atoms with E-state index in [1.165, 1.54) is 10.5 Å². The van der Waals surface area contributed by atoms with Crippen LogP contribution in [-0.2, 0) is 0 Å². The Bertz CT molecular complexity index is 628. The van der Waals surface area contributed by atoms with E-state index < -0.39 is 0 Å². The predicted molar refractivity (Wildman–Crippen MR) is 101 cm³/mol. The summed E-state index contributed by atoms with van der Waals surface area (Å²) in [5, 5.41) is 3.60. The first-order valence-electron chi connectivity index (χ1n) is 6.66. The standard InChI is InChI=1S/C17H17Br2NS/c1-3-10-21-17-7-5-4-6-16(17)20-12(2)14-9-8-13(18)11-15(14)19/h3-9,11-12,20H,1,10H2,2H3. The number of benzene rings is 2. The molecule has 1 atom stereocenters. The highest BCUT2D eigenvalue weighted by Crippen LogP contribution is 2.32. The topological polar surface area (TPSA) is 12.0 Å². The lowest BCUT2D eigenvalue weighted by Gasteiger charge is -2.19. The van der Waals surface area contributed by atoms with Crippen LogP contribution in [0.5, 0.6) is 0 Å². The lowest BCUT2D eigenvalue weighted by molar-refractivity contribution is 0.873. The molecule has 4 heteroatoms. The Morgan fingerprint density at radius 2 is 2.00 bits per heavy atom. The van der Waals surface area contributed by atoms with Crippen LogP contribution >= 0.6 is 43.6 Å². The Labute approximate surface area is 147 Å². The molecule has 2 aromatic carbocycles. The van der Waals surface area contributed by atoms with Crippen LogP contribution < -0.4 is 5.32 Å². The molecule has 0 aromatic heterocycles. The van der Waals surface area contributed by atoms with Crippen molar-refractivity contribution < 1.29 is 0 Å². The summed E-state index contributed by atoms with van der Waals surface area (Å²) < 4.78 is 2.18. The third-order valence-electron chi connectivity index (χ3n) is 3.04. The van der Waals surface area contributed by atoms with Crippen molar-refractivity contribution in [2.24, 2.45) is 0 Å². The Morgan fingerprint density at radius 1 is 1.24 bits per heavy atom. The number of hydrogen-bond acceptors (Lipinski definition) is 2. The van der Waals surface area contributed by atoms with Gasteiger partial charge in [0.2, 0.25) is 0 Å². The highest BCUT2D eigenvalue weighted by Gasteiger charge is 2.11. The van der Waals surface area contributed by atoms with Crippen molar-refractivity contribution >= 4 is 49.3 Å².